The second-order valence-corrected chi connectivity index (χ2v) is 7.72. The van der Waals surface area contributed by atoms with Crippen molar-refractivity contribution in [3.8, 4) is 11.5 Å². The molecule has 3 aliphatic rings. The summed E-state index contributed by atoms with van der Waals surface area (Å²) >= 11 is 0. The summed E-state index contributed by atoms with van der Waals surface area (Å²) in [7, 11) is 0. The molecule has 28 heavy (non-hydrogen) atoms. The van der Waals surface area contributed by atoms with E-state index in [-0.39, 0.29) is 18.7 Å². The van der Waals surface area contributed by atoms with Crippen molar-refractivity contribution in [1.29, 1.82) is 0 Å². The van der Waals surface area contributed by atoms with Gasteiger partial charge in [-0.05, 0) is 37.8 Å². The number of fused-ring (bicyclic) bond motifs is 2. The molecule has 8 nitrogen and oxygen atoms in total. The molecule has 1 aromatic heterocycles. The molecule has 1 N–H and O–H groups in total. The van der Waals surface area contributed by atoms with E-state index in [1.165, 1.54) is 19.3 Å². The highest BCUT2D eigenvalue weighted by Crippen LogP contribution is 2.34. The molecule has 5 rings (SSSR count). The van der Waals surface area contributed by atoms with E-state index in [9.17, 15) is 4.79 Å². The highest BCUT2D eigenvalue weighted by Gasteiger charge is 2.29. The van der Waals surface area contributed by atoms with Gasteiger partial charge in [-0.3, -0.25) is 0 Å². The monoisotopic (exact) mass is 383 g/mol. The van der Waals surface area contributed by atoms with Crippen molar-refractivity contribution >= 4 is 11.7 Å². The lowest BCUT2D eigenvalue weighted by molar-refractivity contribution is 0.174. The van der Waals surface area contributed by atoms with E-state index < -0.39 is 0 Å². The lowest BCUT2D eigenvalue weighted by Crippen LogP contribution is -2.42. The van der Waals surface area contributed by atoms with Crippen LogP contribution in [0.25, 0.3) is 0 Å². The zero-order valence-corrected chi connectivity index (χ0v) is 15.9. The standard InChI is InChI=1S/C20H25N5O3/c26-20(21-15-7-8-16-17(11-15)28-13-27-16)24-9-4-5-14(12-24)19-23-22-18-6-2-1-3-10-25(18)19/h7-8,11,14H,1-6,9-10,12-13H2,(H,21,26). The van der Waals surface area contributed by atoms with E-state index in [4.69, 9.17) is 9.47 Å². The van der Waals surface area contributed by atoms with Gasteiger partial charge in [-0.25, -0.2) is 4.79 Å². The van der Waals surface area contributed by atoms with Gasteiger partial charge in [-0.2, -0.15) is 0 Å². The van der Waals surface area contributed by atoms with Crippen molar-refractivity contribution in [2.45, 2.75) is 51.0 Å². The van der Waals surface area contributed by atoms with Crippen molar-refractivity contribution in [2.24, 2.45) is 0 Å². The summed E-state index contributed by atoms with van der Waals surface area (Å²) in [6.07, 6.45) is 6.64. The normalized spacial score (nSPS) is 21.1. The highest BCUT2D eigenvalue weighted by molar-refractivity contribution is 5.89. The molecule has 2 aromatic rings. The van der Waals surface area contributed by atoms with Crippen LogP contribution in [0.2, 0.25) is 0 Å². The summed E-state index contributed by atoms with van der Waals surface area (Å²) in [6.45, 7) is 2.66. The summed E-state index contributed by atoms with van der Waals surface area (Å²) in [6, 6.07) is 5.38. The number of hydrogen-bond donors (Lipinski definition) is 1. The van der Waals surface area contributed by atoms with Gasteiger partial charge < -0.3 is 24.3 Å². The Kier molecular flexibility index (Phi) is 4.54. The number of aromatic nitrogens is 3. The fourth-order valence-electron chi connectivity index (χ4n) is 4.36. The van der Waals surface area contributed by atoms with Gasteiger partial charge in [0.25, 0.3) is 0 Å². The number of benzene rings is 1. The third-order valence-electron chi connectivity index (χ3n) is 5.84. The Labute approximate surface area is 163 Å². The number of aryl methyl sites for hydroxylation is 1. The Balaban J connectivity index is 1.28. The minimum Gasteiger partial charge on any atom is -0.454 e. The number of rotatable bonds is 2. The molecule has 1 fully saturated rings. The molecule has 0 saturated carbocycles. The summed E-state index contributed by atoms with van der Waals surface area (Å²) in [5.74, 6) is 3.78. The van der Waals surface area contributed by atoms with Gasteiger partial charge in [-0.1, -0.05) is 6.42 Å². The predicted molar refractivity (Wildman–Crippen MR) is 103 cm³/mol. The molecule has 8 heteroatoms. The molecule has 0 aliphatic carbocycles. The number of urea groups is 1. The van der Waals surface area contributed by atoms with E-state index >= 15 is 0 Å². The van der Waals surface area contributed by atoms with Crippen LogP contribution in [-0.2, 0) is 13.0 Å². The number of nitrogens with one attached hydrogen (secondary N) is 1. The van der Waals surface area contributed by atoms with Gasteiger partial charge in [-0.15, -0.1) is 10.2 Å². The SMILES string of the molecule is O=C(Nc1ccc2c(c1)OCO2)N1CCCC(c2nnc3n2CCCCC3)C1. The van der Waals surface area contributed by atoms with Crippen LogP contribution in [0.3, 0.4) is 0 Å². The molecule has 1 atom stereocenters. The molecule has 0 spiro atoms. The summed E-state index contributed by atoms with van der Waals surface area (Å²) in [4.78, 5) is 14.7. The van der Waals surface area contributed by atoms with Crippen molar-refractivity contribution in [3.05, 3.63) is 29.8 Å². The summed E-state index contributed by atoms with van der Waals surface area (Å²) in [5, 5.41) is 11.9. The van der Waals surface area contributed by atoms with Crippen molar-refractivity contribution < 1.29 is 14.3 Å². The Bertz CT molecular complexity index is 881. The fourth-order valence-corrected chi connectivity index (χ4v) is 4.36. The zero-order valence-electron chi connectivity index (χ0n) is 15.9. The lowest BCUT2D eigenvalue weighted by atomic mass is 9.97. The molecule has 2 amide bonds. The number of ether oxygens (including phenoxy) is 2. The van der Waals surface area contributed by atoms with Crippen LogP contribution in [0.1, 0.15) is 49.7 Å². The van der Waals surface area contributed by atoms with E-state index in [0.717, 1.165) is 44.0 Å². The third-order valence-corrected chi connectivity index (χ3v) is 5.84. The molecular formula is C20H25N5O3. The van der Waals surface area contributed by atoms with Gasteiger partial charge >= 0.3 is 6.03 Å². The minimum atomic E-state index is -0.0841. The molecular weight excluding hydrogens is 358 g/mol. The van der Waals surface area contributed by atoms with Gasteiger partial charge in [0.15, 0.2) is 11.5 Å². The van der Waals surface area contributed by atoms with Crippen LogP contribution in [0.15, 0.2) is 18.2 Å². The smallest absolute Gasteiger partial charge is 0.321 e. The Morgan fingerprint density at radius 1 is 1.07 bits per heavy atom. The molecule has 1 unspecified atom stereocenters. The van der Waals surface area contributed by atoms with Crippen LogP contribution in [0.5, 0.6) is 11.5 Å². The largest absolute Gasteiger partial charge is 0.454 e. The Morgan fingerprint density at radius 3 is 2.96 bits per heavy atom. The Hall–Kier alpha value is -2.77. The average Bonchev–Trinajstić information content (AvgIpc) is 3.28. The minimum absolute atomic E-state index is 0.0841. The van der Waals surface area contributed by atoms with E-state index in [0.29, 0.717) is 23.7 Å². The van der Waals surface area contributed by atoms with Crippen LogP contribution >= 0.6 is 0 Å². The van der Waals surface area contributed by atoms with Crippen LogP contribution in [-0.4, -0.2) is 45.6 Å². The Morgan fingerprint density at radius 2 is 2.00 bits per heavy atom. The number of likely N-dealkylation sites (tertiary alicyclic amines) is 1. The predicted octanol–water partition coefficient (Wildman–Crippen LogP) is 3.14. The first-order valence-corrected chi connectivity index (χ1v) is 10.2. The first kappa shape index (κ1) is 17.3. The van der Waals surface area contributed by atoms with E-state index in [1.807, 2.05) is 17.0 Å². The second-order valence-electron chi connectivity index (χ2n) is 7.72. The van der Waals surface area contributed by atoms with E-state index in [2.05, 4.69) is 20.1 Å². The first-order valence-electron chi connectivity index (χ1n) is 10.2. The molecule has 1 saturated heterocycles. The van der Waals surface area contributed by atoms with Gasteiger partial charge in [0.2, 0.25) is 6.79 Å². The number of amides is 2. The number of piperidine rings is 1. The molecule has 3 aliphatic heterocycles. The van der Waals surface area contributed by atoms with Crippen LogP contribution in [0, 0.1) is 0 Å². The number of carbonyl (C=O) groups is 1. The van der Waals surface area contributed by atoms with Crippen molar-refractivity contribution in [3.63, 3.8) is 0 Å². The molecule has 148 valence electrons. The summed E-state index contributed by atoms with van der Waals surface area (Å²) in [5.41, 5.74) is 0.715. The van der Waals surface area contributed by atoms with Crippen LogP contribution in [0.4, 0.5) is 10.5 Å². The van der Waals surface area contributed by atoms with Crippen LogP contribution < -0.4 is 14.8 Å². The number of nitrogens with zero attached hydrogens (tertiary/aromatic N) is 4. The zero-order chi connectivity index (χ0) is 18.9. The molecule has 1 aromatic carbocycles. The highest BCUT2D eigenvalue weighted by atomic mass is 16.7. The number of carbonyl (C=O) groups excluding carboxylic acids is 1. The molecule has 0 radical (unpaired) electrons. The first-order chi connectivity index (χ1) is 13.8. The van der Waals surface area contributed by atoms with Crippen molar-refractivity contribution in [2.75, 3.05) is 25.2 Å². The van der Waals surface area contributed by atoms with E-state index in [1.54, 1.807) is 6.07 Å². The topological polar surface area (TPSA) is 81.5 Å². The maximum Gasteiger partial charge on any atom is 0.321 e. The van der Waals surface area contributed by atoms with Gasteiger partial charge in [0.05, 0.1) is 0 Å². The lowest BCUT2D eigenvalue weighted by Gasteiger charge is -2.32. The third kappa shape index (κ3) is 3.27. The molecule has 0 bridgehead atoms. The van der Waals surface area contributed by atoms with Gasteiger partial charge in [0.1, 0.15) is 11.6 Å². The number of anilines is 1. The number of hydrogen-bond acceptors (Lipinski definition) is 5. The molecule has 4 heterocycles. The average molecular weight is 383 g/mol. The van der Waals surface area contributed by atoms with Gasteiger partial charge in [0, 0.05) is 43.7 Å². The summed E-state index contributed by atoms with van der Waals surface area (Å²) < 4.78 is 13.0. The fraction of sp³-hybridized carbons (Fsp3) is 0.550. The van der Waals surface area contributed by atoms with Crippen molar-refractivity contribution in [1.82, 2.24) is 19.7 Å². The maximum absolute atomic E-state index is 12.8. The second kappa shape index (κ2) is 7.33. The maximum atomic E-state index is 12.8. The quantitative estimate of drug-likeness (QED) is 0.862.